The van der Waals surface area contributed by atoms with Gasteiger partial charge in [0.2, 0.25) is 0 Å². The van der Waals surface area contributed by atoms with Crippen molar-refractivity contribution in [1.82, 2.24) is 0 Å². The van der Waals surface area contributed by atoms with Gasteiger partial charge in [0.05, 0.1) is 0 Å². The molecule has 0 unspecified atom stereocenters. The van der Waals surface area contributed by atoms with Crippen LogP contribution < -0.4 is 0 Å². The van der Waals surface area contributed by atoms with Crippen LogP contribution in [0.25, 0.3) is 0 Å². The average Bonchev–Trinajstić information content (AvgIpc) is 1.80. The van der Waals surface area contributed by atoms with Crippen molar-refractivity contribution < 1.29 is 0 Å². The van der Waals surface area contributed by atoms with E-state index in [1.807, 2.05) is 0 Å². The molecule has 0 nitrogen and oxygen atoms in total. The van der Waals surface area contributed by atoms with Crippen molar-refractivity contribution in [2.75, 3.05) is 0 Å². The smallest absolute Gasteiger partial charge is 0.0176 e. The maximum Gasteiger partial charge on any atom is 0.0176 e. The summed E-state index contributed by atoms with van der Waals surface area (Å²) in [6.45, 7) is 0. The number of fused-ring (bicyclic) bond motifs is 1. The SMILES string of the molecule is Br[C@H]1CC[C@@H]2CC[C@@H]21. The molecule has 3 atom stereocenters. The van der Waals surface area contributed by atoms with E-state index in [0.29, 0.717) is 0 Å². The second-order valence-corrected chi connectivity index (χ2v) is 4.27. The van der Waals surface area contributed by atoms with Gasteiger partial charge in [-0.1, -0.05) is 15.9 Å². The van der Waals surface area contributed by atoms with Crippen LogP contribution in [-0.4, -0.2) is 4.83 Å². The van der Waals surface area contributed by atoms with Crippen LogP contribution >= 0.6 is 15.9 Å². The monoisotopic (exact) mass is 174 g/mol. The molecule has 0 N–H and O–H groups in total. The quantitative estimate of drug-likeness (QED) is 0.496. The summed E-state index contributed by atoms with van der Waals surface area (Å²) >= 11 is 3.70. The summed E-state index contributed by atoms with van der Waals surface area (Å²) in [5, 5.41) is 0. The van der Waals surface area contributed by atoms with E-state index in [9.17, 15) is 0 Å². The lowest BCUT2D eigenvalue weighted by Gasteiger charge is -2.31. The molecule has 1 heteroatoms. The summed E-state index contributed by atoms with van der Waals surface area (Å²) in [6.07, 6.45) is 5.96. The van der Waals surface area contributed by atoms with E-state index in [2.05, 4.69) is 15.9 Å². The first-order valence-corrected chi connectivity index (χ1v) is 4.43. The molecule has 2 fully saturated rings. The summed E-state index contributed by atoms with van der Waals surface area (Å²) in [5.41, 5.74) is 0. The highest BCUT2D eigenvalue weighted by Crippen LogP contribution is 2.49. The molecule has 2 saturated carbocycles. The first-order chi connectivity index (χ1) is 3.88. The van der Waals surface area contributed by atoms with Gasteiger partial charge in [0.25, 0.3) is 0 Å². The summed E-state index contributed by atoms with van der Waals surface area (Å²) in [7, 11) is 0. The molecule has 0 spiro atoms. The van der Waals surface area contributed by atoms with Gasteiger partial charge in [-0.15, -0.1) is 0 Å². The van der Waals surface area contributed by atoms with Gasteiger partial charge in [-0.05, 0) is 37.5 Å². The Morgan fingerprint density at radius 2 is 1.75 bits per heavy atom. The number of alkyl halides is 1. The maximum absolute atomic E-state index is 3.70. The Labute approximate surface area is 58.8 Å². The van der Waals surface area contributed by atoms with Crippen LogP contribution in [0, 0.1) is 11.8 Å². The van der Waals surface area contributed by atoms with Crippen LogP contribution in [0.3, 0.4) is 0 Å². The summed E-state index contributed by atoms with van der Waals surface area (Å²) < 4.78 is 0. The fourth-order valence-corrected chi connectivity index (χ4v) is 2.98. The molecule has 46 valence electrons. The Hall–Kier alpha value is 0.480. The number of hydrogen-bond donors (Lipinski definition) is 0. The Bertz CT molecular complexity index is 94.6. The molecule has 0 saturated heterocycles. The molecule has 0 heterocycles. The molecule has 0 aromatic rings. The molecule has 2 aliphatic rings. The number of rotatable bonds is 0. The second kappa shape index (κ2) is 1.73. The summed E-state index contributed by atoms with van der Waals surface area (Å²) in [6, 6.07) is 0. The van der Waals surface area contributed by atoms with E-state index in [1.165, 1.54) is 25.7 Å². The van der Waals surface area contributed by atoms with Gasteiger partial charge >= 0.3 is 0 Å². The molecule has 0 radical (unpaired) electrons. The zero-order valence-electron chi connectivity index (χ0n) is 4.94. The largest absolute Gasteiger partial charge is 0.0888 e. The Morgan fingerprint density at radius 3 is 2.00 bits per heavy atom. The standard InChI is InChI=1S/C7H11Br/c8-7-4-2-5-1-3-6(5)7/h5-7H,1-4H2/t5-,6-,7-/m0/s1. The van der Waals surface area contributed by atoms with Crippen molar-refractivity contribution in [2.24, 2.45) is 11.8 Å². The van der Waals surface area contributed by atoms with E-state index in [-0.39, 0.29) is 0 Å². The fourth-order valence-electron chi connectivity index (χ4n) is 2.02. The normalized spacial score (nSPS) is 52.9. The first-order valence-electron chi connectivity index (χ1n) is 3.52. The van der Waals surface area contributed by atoms with Gasteiger partial charge in [0.1, 0.15) is 0 Å². The van der Waals surface area contributed by atoms with Crippen LogP contribution in [0.4, 0.5) is 0 Å². The first kappa shape index (κ1) is 5.28. The van der Waals surface area contributed by atoms with Crippen LogP contribution in [0.2, 0.25) is 0 Å². The Morgan fingerprint density at radius 1 is 1.00 bits per heavy atom. The van der Waals surface area contributed by atoms with Crippen LogP contribution in [-0.2, 0) is 0 Å². The number of halogens is 1. The highest BCUT2D eigenvalue weighted by atomic mass is 79.9. The predicted molar refractivity (Wildman–Crippen MR) is 38.2 cm³/mol. The zero-order chi connectivity index (χ0) is 5.56. The van der Waals surface area contributed by atoms with Crippen molar-refractivity contribution in [3.8, 4) is 0 Å². The van der Waals surface area contributed by atoms with E-state index in [1.54, 1.807) is 0 Å². The van der Waals surface area contributed by atoms with Gasteiger partial charge in [0, 0.05) is 4.83 Å². The maximum atomic E-state index is 3.70. The third kappa shape index (κ3) is 0.570. The minimum absolute atomic E-state index is 0.890. The molecule has 0 aliphatic heterocycles. The lowest BCUT2D eigenvalue weighted by molar-refractivity contribution is 0.224. The molecule has 8 heavy (non-hydrogen) atoms. The van der Waals surface area contributed by atoms with E-state index in [4.69, 9.17) is 0 Å². The van der Waals surface area contributed by atoms with Crippen molar-refractivity contribution in [3.05, 3.63) is 0 Å². The second-order valence-electron chi connectivity index (χ2n) is 3.09. The Balaban J connectivity index is 2.05. The van der Waals surface area contributed by atoms with Crippen molar-refractivity contribution >= 4 is 15.9 Å². The van der Waals surface area contributed by atoms with Crippen LogP contribution in [0.15, 0.2) is 0 Å². The molecule has 0 aromatic carbocycles. The lowest BCUT2D eigenvalue weighted by atomic mass is 9.76. The molecular formula is C7H11Br. The lowest BCUT2D eigenvalue weighted by Crippen LogP contribution is -2.24. The van der Waals surface area contributed by atoms with Gasteiger partial charge < -0.3 is 0 Å². The molecule has 0 amide bonds. The van der Waals surface area contributed by atoms with Gasteiger partial charge in [-0.25, -0.2) is 0 Å². The highest BCUT2D eigenvalue weighted by molar-refractivity contribution is 9.09. The third-order valence-electron chi connectivity index (χ3n) is 2.75. The van der Waals surface area contributed by atoms with Crippen molar-refractivity contribution in [3.63, 3.8) is 0 Å². The molecule has 2 aliphatic carbocycles. The Kier molecular flexibility index (Phi) is 1.14. The highest BCUT2D eigenvalue weighted by Gasteiger charge is 2.40. The minimum Gasteiger partial charge on any atom is -0.0888 e. The van der Waals surface area contributed by atoms with Gasteiger partial charge in [-0.2, -0.15) is 0 Å². The van der Waals surface area contributed by atoms with E-state index >= 15 is 0 Å². The molecule has 0 bridgehead atoms. The van der Waals surface area contributed by atoms with Crippen molar-refractivity contribution in [2.45, 2.75) is 30.5 Å². The fraction of sp³-hybridized carbons (Fsp3) is 1.00. The van der Waals surface area contributed by atoms with E-state index < -0.39 is 0 Å². The van der Waals surface area contributed by atoms with Gasteiger partial charge in [-0.3, -0.25) is 0 Å². The predicted octanol–water partition coefficient (Wildman–Crippen LogP) is 2.57. The molecule has 0 aromatic heterocycles. The van der Waals surface area contributed by atoms with Crippen LogP contribution in [0.1, 0.15) is 25.7 Å². The molecular weight excluding hydrogens is 164 g/mol. The van der Waals surface area contributed by atoms with Gasteiger partial charge in [0.15, 0.2) is 0 Å². The topological polar surface area (TPSA) is 0 Å². The minimum atomic E-state index is 0.890. The van der Waals surface area contributed by atoms with Crippen molar-refractivity contribution in [1.29, 1.82) is 0 Å². The van der Waals surface area contributed by atoms with Crippen LogP contribution in [0.5, 0.6) is 0 Å². The number of hydrogen-bond acceptors (Lipinski definition) is 0. The molecule has 2 rings (SSSR count). The summed E-state index contributed by atoms with van der Waals surface area (Å²) in [5.74, 6) is 2.20. The third-order valence-corrected chi connectivity index (χ3v) is 3.89. The average molecular weight is 175 g/mol. The zero-order valence-corrected chi connectivity index (χ0v) is 6.52. The summed E-state index contributed by atoms with van der Waals surface area (Å²) in [4.78, 5) is 0.890. The van der Waals surface area contributed by atoms with E-state index in [0.717, 1.165) is 16.7 Å².